The predicted molar refractivity (Wildman–Crippen MR) is 65.1 cm³/mol. The number of carbonyl (C=O) groups excluding carboxylic acids is 1. The largest absolute Gasteiger partial charge is 0.486 e. The number of rotatable bonds is 3. The molecule has 1 atom stereocenters. The van der Waals surface area contributed by atoms with Gasteiger partial charge in [0.15, 0.2) is 11.5 Å². The van der Waals surface area contributed by atoms with E-state index in [-0.39, 0.29) is 11.9 Å². The topological polar surface area (TPSA) is 47.6 Å². The van der Waals surface area contributed by atoms with Crippen LogP contribution in [0, 0.1) is 0 Å². The maximum absolute atomic E-state index is 11.8. The van der Waals surface area contributed by atoms with Crippen molar-refractivity contribution in [1.82, 2.24) is 5.32 Å². The highest BCUT2D eigenvalue weighted by molar-refractivity contribution is 6.18. The Morgan fingerprint density at radius 3 is 2.82 bits per heavy atom. The standard InChI is InChI=1S/C12H14ClNO3/c1-8(7-13)14-12(15)9-2-3-10-11(6-9)17-5-4-16-10/h2-3,6,8H,4-5,7H2,1H3,(H,14,15). The van der Waals surface area contributed by atoms with Gasteiger partial charge in [0.1, 0.15) is 13.2 Å². The van der Waals surface area contributed by atoms with Gasteiger partial charge in [-0.05, 0) is 25.1 Å². The highest BCUT2D eigenvalue weighted by Gasteiger charge is 2.15. The average Bonchev–Trinajstić information content (AvgIpc) is 2.38. The maximum Gasteiger partial charge on any atom is 0.251 e. The summed E-state index contributed by atoms with van der Waals surface area (Å²) in [5, 5.41) is 2.79. The molecule has 1 heterocycles. The van der Waals surface area contributed by atoms with Crippen molar-refractivity contribution in [2.45, 2.75) is 13.0 Å². The smallest absolute Gasteiger partial charge is 0.251 e. The molecule has 4 nitrogen and oxygen atoms in total. The molecule has 0 saturated heterocycles. The van der Waals surface area contributed by atoms with Gasteiger partial charge in [-0.1, -0.05) is 0 Å². The van der Waals surface area contributed by atoms with Crippen molar-refractivity contribution in [3.63, 3.8) is 0 Å². The third kappa shape index (κ3) is 2.82. The average molecular weight is 256 g/mol. The zero-order valence-electron chi connectivity index (χ0n) is 9.53. The van der Waals surface area contributed by atoms with Gasteiger partial charge >= 0.3 is 0 Å². The summed E-state index contributed by atoms with van der Waals surface area (Å²) in [7, 11) is 0. The van der Waals surface area contributed by atoms with Gasteiger partial charge in [0.2, 0.25) is 0 Å². The summed E-state index contributed by atoms with van der Waals surface area (Å²) in [6, 6.07) is 5.08. The molecule has 5 heteroatoms. The molecular formula is C12H14ClNO3. The minimum Gasteiger partial charge on any atom is -0.486 e. The van der Waals surface area contributed by atoms with Gasteiger partial charge in [-0.25, -0.2) is 0 Å². The fraction of sp³-hybridized carbons (Fsp3) is 0.417. The summed E-state index contributed by atoms with van der Waals surface area (Å²) < 4.78 is 10.8. The van der Waals surface area contributed by atoms with Crippen LogP contribution < -0.4 is 14.8 Å². The Morgan fingerprint density at radius 1 is 1.41 bits per heavy atom. The molecule has 1 aromatic carbocycles. The Morgan fingerprint density at radius 2 is 2.12 bits per heavy atom. The first-order chi connectivity index (χ1) is 8.20. The molecular weight excluding hydrogens is 242 g/mol. The van der Waals surface area contributed by atoms with E-state index in [9.17, 15) is 4.79 Å². The molecule has 1 N–H and O–H groups in total. The predicted octanol–water partition coefficient (Wildman–Crippen LogP) is 1.81. The van der Waals surface area contributed by atoms with Gasteiger partial charge < -0.3 is 14.8 Å². The molecule has 0 fully saturated rings. The lowest BCUT2D eigenvalue weighted by atomic mass is 10.1. The molecule has 1 unspecified atom stereocenters. The molecule has 2 rings (SSSR count). The molecule has 0 aromatic heterocycles. The minimum atomic E-state index is -0.157. The second-order valence-electron chi connectivity index (χ2n) is 3.89. The van der Waals surface area contributed by atoms with Crippen molar-refractivity contribution in [2.75, 3.05) is 19.1 Å². The highest BCUT2D eigenvalue weighted by atomic mass is 35.5. The number of hydrogen-bond donors (Lipinski definition) is 1. The Kier molecular flexibility index (Phi) is 3.74. The molecule has 0 bridgehead atoms. The number of benzene rings is 1. The number of amides is 1. The summed E-state index contributed by atoms with van der Waals surface area (Å²) in [6.45, 7) is 2.90. The number of alkyl halides is 1. The molecule has 0 aliphatic carbocycles. The lowest BCUT2D eigenvalue weighted by molar-refractivity contribution is 0.0942. The van der Waals surface area contributed by atoms with Crippen molar-refractivity contribution < 1.29 is 14.3 Å². The van der Waals surface area contributed by atoms with E-state index in [2.05, 4.69) is 5.32 Å². The van der Waals surface area contributed by atoms with Crippen molar-refractivity contribution in [2.24, 2.45) is 0 Å². The van der Waals surface area contributed by atoms with E-state index < -0.39 is 0 Å². The number of hydrogen-bond acceptors (Lipinski definition) is 3. The molecule has 1 aliphatic rings. The number of carbonyl (C=O) groups is 1. The molecule has 0 radical (unpaired) electrons. The fourth-order valence-electron chi connectivity index (χ4n) is 1.53. The molecule has 92 valence electrons. The van der Waals surface area contributed by atoms with Crippen LogP contribution in [0.4, 0.5) is 0 Å². The van der Waals surface area contributed by atoms with Gasteiger partial charge in [0, 0.05) is 17.5 Å². The Labute approximate surface area is 105 Å². The summed E-state index contributed by atoms with van der Waals surface area (Å²) in [5.41, 5.74) is 0.547. The number of ether oxygens (including phenoxy) is 2. The van der Waals surface area contributed by atoms with Crippen LogP contribution in [0.3, 0.4) is 0 Å². The Bertz CT molecular complexity index is 422. The Balaban J connectivity index is 2.13. The SMILES string of the molecule is CC(CCl)NC(=O)c1ccc2c(c1)OCCO2. The molecule has 1 aliphatic heterocycles. The summed E-state index contributed by atoms with van der Waals surface area (Å²) in [5.74, 6) is 1.52. The maximum atomic E-state index is 11.8. The van der Waals surface area contributed by atoms with Crippen molar-refractivity contribution in [3.05, 3.63) is 23.8 Å². The third-order valence-corrected chi connectivity index (χ3v) is 2.88. The van der Waals surface area contributed by atoms with Crippen molar-refractivity contribution in [3.8, 4) is 11.5 Å². The zero-order chi connectivity index (χ0) is 12.3. The van der Waals surface area contributed by atoms with E-state index in [1.54, 1.807) is 18.2 Å². The van der Waals surface area contributed by atoms with Gasteiger partial charge in [0.25, 0.3) is 5.91 Å². The lowest BCUT2D eigenvalue weighted by Gasteiger charge is -2.19. The number of nitrogens with one attached hydrogen (secondary N) is 1. The van der Waals surface area contributed by atoms with Crippen molar-refractivity contribution >= 4 is 17.5 Å². The highest BCUT2D eigenvalue weighted by Crippen LogP contribution is 2.30. The quantitative estimate of drug-likeness (QED) is 0.838. The summed E-state index contributed by atoms with van der Waals surface area (Å²) >= 11 is 5.64. The number of fused-ring (bicyclic) bond motifs is 1. The van der Waals surface area contributed by atoms with Crippen LogP contribution in [-0.4, -0.2) is 31.0 Å². The van der Waals surface area contributed by atoms with Crippen LogP contribution in [0.25, 0.3) is 0 Å². The van der Waals surface area contributed by atoms with Gasteiger partial charge in [-0.3, -0.25) is 4.79 Å². The van der Waals surface area contributed by atoms with Crippen LogP contribution in [0.5, 0.6) is 11.5 Å². The minimum absolute atomic E-state index is 0.0580. The second kappa shape index (κ2) is 5.27. The molecule has 1 aromatic rings. The van der Waals surface area contributed by atoms with Gasteiger partial charge in [-0.2, -0.15) is 0 Å². The first-order valence-electron chi connectivity index (χ1n) is 5.47. The normalized spacial score (nSPS) is 15.2. The molecule has 0 spiro atoms. The van der Waals surface area contributed by atoms with E-state index in [1.165, 1.54) is 0 Å². The zero-order valence-corrected chi connectivity index (χ0v) is 10.3. The molecule has 17 heavy (non-hydrogen) atoms. The third-order valence-electron chi connectivity index (χ3n) is 2.41. The second-order valence-corrected chi connectivity index (χ2v) is 4.20. The van der Waals surface area contributed by atoms with E-state index in [4.69, 9.17) is 21.1 Å². The van der Waals surface area contributed by atoms with E-state index in [1.807, 2.05) is 6.92 Å². The summed E-state index contributed by atoms with van der Waals surface area (Å²) in [6.07, 6.45) is 0. The van der Waals surface area contributed by atoms with E-state index in [0.717, 1.165) is 0 Å². The summed E-state index contributed by atoms with van der Waals surface area (Å²) in [4.78, 5) is 11.8. The Hall–Kier alpha value is -1.42. The first kappa shape index (κ1) is 12.0. The van der Waals surface area contributed by atoms with Crippen LogP contribution in [0.1, 0.15) is 17.3 Å². The molecule has 0 saturated carbocycles. The fourth-order valence-corrected chi connectivity index (χ4v) is 1.61. The van der Waals surface area contributed by atoms with Crippen LogP contribution in [0.15, 0.2) is 18.2 Å². The van der Waals surface area contributed by atoms with Crippen LogP contribution >= 0.6 is 11.6 Å². The van der Waals surface area contributed by atoms with Crippen LogP contribution in [-0.2, 0) is 0 Å². The van der Waals surface area contributed by atoms with E-state index in [0.29, 0.717) is 36.2 Å². The van der Waals surface area contributed by atoms with Gasteiger partial charge in [-0.15, -0.1) is 11.6 Å². The molecule has 1 amide bonds. The van der Waals surface area contributed by atoms with Crippen LogP contribution in [0.2, 0.25) is 0 Å². The number of halogens is 1. The monoisotopic (exact) mass is 255 g/mol. The first-order valence-corrected chi connectivity index (χ1v) is 6.00. The van der Waals surface area contributed by atoms with E-state index >= 15 is 0 Å². The van der Waals surface area contributed by atoms with Crippen molar-refractivity contribution in [1.29, 1.82) is 0 Å². The lowest BCUT2D eigenvalue weighted by Crippen LogP contribution is -2.33. The van der Waals surface area contributed by atoms with Gasteiger partial charge in [0.05, 0.1) is 0 Å².